The number of rotatable bonds is 4. The first-order chi connectivity index (χ1) is 9.04. The van der Waals surface area contributed by atoms with Crippen LogP contribution in [0.2, 0.25) is 0 Å². The first-order valence-electron chi connectivity index (χ1n) is 7.20. The monoisotopic (exact) mass is 260 g/mol. The van der Waals surface area contributed by atoms with E-state index in [9.17, 15) is 4.79 Å². The maximum absolute atomic E-state index is 12.1. The van der Waals surface area contributed by atoms with E-state index in [-0.39, 0.29) is 11.9 Å². The molecule has 1 aromatic rings. The number of hydrogen-bond donors (Lipinski definition) is 2. The Labute approximate surface area is 115 Å². The van der Waals surface area contributed by atoms with Crippen LogP contribution in [0.5, 0.6) is 0 Å². The number of benzene rings is 1. The molecule has 0 spiro atoms. The highest BCUT2D eigenvalue weighted by molar-refractivity contribution is 5.84. The molecule has 0 heterocycles. The number of aryl methyl sites for hydroxylation is 2. The Balaban J connectivity index is 1.91. The van der Waals surface area contributed by atoms with Crippen LogP contribution >= 0.6 is 0 Å². The molecule has 0 radical (unpaired) electrons. The third kappa shape index (κ3) is 3.98. The summed E-state index contributed by atoms with van der Waals surface area (Å²) < 4.78 is 0. The molecule has 0 aromatic heterocycles. The molecule has 2 N–H and O–H groups in total. The molecule has 1 saturated carbocycles. The van der Waals surface area contributed by atoms with Crippen LogP contribution in [0.15, 0.2) is 18.2 Å². The summed E-state index contributed by atoms with van der Waals surface area (Å²) in [4.78, 5) is 12.1. The number of hydrogen-bond acceptors (Lipinski definition) is 2. The van der Waals surface area contributed by atoms with Gasteiger partial charge in [-0.15, -0.1) is 0 Å². The fourth-order valence-corrected chi connectivity index (χ4v) is 2.77. The van der Waals surface area contributed by atoms with E-state index in [2.05, 4.69) is 42.7 Å². The predicted octanol–water partition coefficient (Wildman–Crippen LogP) is 3.16. The second-order valence-electron chi connectivity index (χ2n) is 5.73. The molecule has 3 heteroatoms. The van der Waals surface area contributed by atoms with Crippen LogP contribution in [0, 0.1) is 13.8 Å². The average Bonchev–Trinajstić information content (AvgIpc) is 2.80. The van der Waals surface area contributed by atoms with Gasteiger partial charge in [-0.3, -0.25) is 4.79 Å². The van der Waals surface area contributed by atoms with Crippen LogP contribution in [0.25, 0.3) is 0 Å². The maximum Gasteiger partial charge on any atom is 0.242 e. The number of carbonyl (C=O) groups is 1. The Bertz CT molecular complexity index is 430. The second kappa shape index (κ2) is 6.09. The highest BCUT2D eigenvalue weighted by atomic mass is 16.2. The van der Waals surface area contributed by atoms with Gasteiger partial charge in [0.15, 0.2) is 0 Å². The Hall–Kier alpha value is -1.51. The van der Waals surface area contributed by atoms with Crippen LogP contribution in [-0.4, -0.2) is 18.0 Å². The van der Waals surface area contributed by atoms with E-state index in [1.807, 2.05) is 6.92 Å². The van der Waals surface area contributed by atoms with Crippen molar-refractivity contribution in [3.05, 3.63) is 29.3 Å². The minimum atomic E-state index is -0.193. The highest BCUT2D eigenvalue weighted by Gasteiger charge is 2.20. The molecule has 1 atom stereocenters. The summed E-state index contributed by atoms with van der Waals surface area (Å²) in [6, 6.07) is 6.48. The van der Waals surface area contributed by atoms with E-state index in [0.29, 0.717) is 6.04 Å². The SMILES string of the molecule is Cc1cc(C)cc(N[C@@H](C)C(=O)NC2CCCC2)c1. The Morgan fingerprint density at radius 1 is 1.16 bits per heavy atom. The van der Waals surface area contributed by atoms with Gasteiger partial charge in [0.1, 0.15) is 6.04 Å². The molecule has 1 aromatic carbocycles. The van der Waals surface area contributed by atoms with Crippen LogP contribution in [0.1, 0.15) is 43.7 Å². The summed E-state index contributed by atoms with van der Waals surface area (Å²) in [7, 11) is 0. The summed E-state index contributed by atoms with van der Waals surface area (Å²) in [6.45, 7) is 6.06. The lowest BCUT2D eigenvalue weighted by Gasteiger charge is -2.19. The molecule has 0 unspecified atom stereocenters. The maximum atomic E-state index is 12.1. The summed E-state index contributed by atoms with van der Waals surface area (Å²) >= 11 is 0. The van der Waals surface area contributed by atoms with Gasteiger partial charge in [-0.2, -0.15) is 0 Å². The van der Waals surface area contributed by atoms with Crippen molar-refractivity contribution >= 4 is 11.6 Å². The number of carbonyl (C=O) groups excluding carboxylic acids is 1. The summed E-state index contributed by atoms with van der Waals surface area (Å²) in [5.41, 5.74) is 3.45. The van der Waals surface area contributed by atoms with Gasteiger partial charge in [0.2, 0.25) is 5.91 Å². The fraction of sp³-hybridized carbons (Fsp3) is 0.562. The number of anilines is 1. The van der Waals surface area contributed by atoms with Crippen molar-refractivity contribution in [2.75, 3.05) is 5.32 Å². The van der Waals surface area contributed by atoms with E-state index in [4.69, 9.17) is 0 Å². The van der Waals surface area contributed by atoms with Gasteiger partial charge in [0, 0.05) is 11.7 Å². The highest BCUT2D eigenvalue weighted by Crippen LogP contribution is 2.18. The Morgan fingerprint density at radius 3 is 2.32 bits per heavy atom. The van der Waals surface area contributed by atoms with Crippen molar-refractivity contribution in [1.29, 1.82) is 0 Å². The lowest BCUT2D eigenvalue weighted by Crippen LogP contribution is -2.42. The van der Waals surface area contributed by atoms with Crippen molar-refractivity contribution in [3.8, 4) is 0 Å². The van der Waals surface area contributed by atoms with Gasteiger partial charge in [0.25, 0.3) is 0 Å². The van der Waals surface area contributed by atoms with Gasteiger partial charge in [-0.25, -0.2) is 0 Å². The minimum absolute atomic E-state index is 0.103. The third-order valence-corrected chi connectivity index (χ3v) is 3.70. The first-order valence-corrected chi connectivity index (χ1v) is 7.20. The van der Waals surface area contributed by atoms with Crippen molar-refractivity contribution < 1.29 is 4.79 Å². The molecule has 1 fully saturated rings. The predicted molar refractivity (Wildman–Crippen MR) is 79.4 cm³/mol. The van der Waals surface area contributed by atoms with Gasteiger partial charge >= 0.3 is 0 Å². The van der Waals surface area contributed by atoms with Gasteiger partial charge in [0.05, 0.1) is 0 Å². The Kier molecular flexibility index (Phi) is 4.46. The molecule has 0 aliphatic heterocycles. The van der Waals surface area contributed by atoms with Crippen LogP contribution in [0.3, 0.4) is 0 Å². The first kappa shape index (κ1) is 13.9. The smallest absolute Gasteiger partial charge is 0.242 e. The lowest BCUT2D eigenvalue weighted by atomic mass is 10.1. The molecule has 1 amide bonds. The van der Waals surface area contributed by atoms with E-state index in [1.165, 1.54) is 24.0 Å². The molecule has 1 aliphatic carbocycles. The molecule has 1 aliphatic rings. The molecule has 3 nitrogen and oxygen atoms in total. The minimum Gasteiger partial charge on any atom is -0.374 e. The van der Waals surface area contributed by atoms with Crippen LogP contribution < -0.4 is 10.6 Å². The second-order valence-corrected chi connectivity index (χ2v) is 5.73. The van der Waals surface area contributed by atoms with Crippen molar-refractivity contribution in [2.24, 2.45) is 0 Å². The molecular formula is C16H24N2O. The van der Waals surface area contributed by atoms with Crippen molar-refractivity contribution in [1.82, 2.24) is 5.32 Å². The van der Waals surface area contributed by atoms with E-state index >= 15 is 0 Å². The topological polar surface area (TPSA) is 41.1 Å². The average molecular weight is 260 g/mol. The van der Waals surface area contributed by atoms with E-state index in [0.717, 1.165) is 18.5 Å². The van der Waals surface area contributed by atoms with Crippen molar-refractivity contribution in [3.63, 3.8) is 0 Å². The largest absolute Gasteiger partial charge is 0.374 e. The molecule has 0 saturated heterocycles. The number of amides is 1. The molecule has 104 valence electrons. The zero-order valence-corrected chi connectivity index (χ0v) is 12.1. The third-order valence-electron chi connectivity index (χ3n) is 3.70. The lowest BCUT2D eigenvalue weighted by molar-refractivity contribution is -0.122. The number of nitrogens with one attached hydrogen (secondary N) is 2. The van der Waals surface area contributed by atoms with E-state index < -0.39 is 0 Å². The van der Waals surface area contributed by atoms with Crippen molar-refractivity contribution in [2.45, 2.75) is 58.5 Å². The normalized spacial score (nSPS) is 17.2. The molecular weight excluding hydrogens is 236 g/mol. The standard InChI is InChI=1S/C16H24N2O/c1-11-8-12(2)10-15(9-11)17-13(3)16(19)18-14-6-4-5-7-14/h8-10,13-14,17H,4-7H2,1-3H3,(H,18,19)/t13-/m0/s1. The van der Waals surface area contributed by atoms with Gasteiger partial charge in [-0.1, -0.05) is 18.9 Å². The zero-order valence-electron chi connectivity index (χ0n) is 12.1. The molecule has 2 rings (SSSR count). The zero-order chi connectivity index (χ0) is 13.8. The van der Waals surface area contributed by atoms with E-state index in [1.54, 1.807) is 0 Å². The van der Waals surface area contributed by atoms with Gasteiger partial charge < -0.3 is 10.6 Å². The molecule has 19 heavy (non-hydrogen) atoms. The summed E-state index contributed by atoms with van der Waals surface area (Å²) in [6.07, 6.45) is 4.73. The van der Waals surface area contributed by atoms with Crippen LogP contribution in [-0.2, 0) is 4.79 Å². The summed E-state index contributed by atoms with van der Waals surface area (Å²) in [5.74, 6) is 0.103. The molecule has 0 bridgehead atoms. The summed E-state index contributed by atoms with van der Waals surface area (Å²) in [5, 5.41) is 6.41. The quantitative estimate of drug-likeness (QED) is 0.873. The fourth-order valence-electron chi connectivity index (χ4n) is 2.77. The van der Waals surface area contributed by atoms with Gasteiger partial charge in [-0.05, 0) is 56.9 Å². The van der Waals surface area contributed by atoms with Crippen LogP contribution in [0.4, 0.5) is 5.69 Å². The Morgan fingerprint density at radius 2 is 1.74 bits per heavy atom.